The van der Waals surface area contributed by atoms with Crippen LogP contribution in [0.3, 0.4) is 0 Å². The van der Waals surface area contributed by atoms with E-state index in [2.05, 4.69) is 22.5 Å². The van der Waals surface area contributed by atoms with Crippen LogP contribution < -0.4 is 28.4 Å². The fourth-order valence-electron chi connectivity index (χ4n) is 5.02. The molecule has 0 heterocycles. The first kappa shape index (κ1) is 34.7. The molecule has 4 rings (SSSR count). The summed E-state index contributed by atoms with van der Waals surface area (Å²) in [5.74, 6) is 2.72. The second-order valence-corrected chi connectivity index (χ2v) is 10.7. The smallest absolute Gasteiger partial charge is 0.203 e. The number of hydrogen-bond acceptors (Lipinski definition) is 8. The van der Waals surface area contributed by atoms with Crippen molar-refractivity contribution in [2.24, 2.45) is 0 Å². The van der Waals surface area contributed by atoms with Gasteiger partial charge < -0.3 is 37.9 Å². The van der Waals surface area contributed by atoms with Crippen molar-refractivity contribution in [1.29, 1.82) is 0 Å². The predicted molar refractivity (Wildman–Crippen MR) is 182 cm³/mol. The zero-order valence-corrected chi connectivity index (χ0v) is 28.5. The lowest BCUT2D eigenvalue weighted by Crippen LogP contribution is -2.36. The summed E-state index contributed by atoms with van der Waals surface area (Å²) in [6.45, 7) is 7.22. The van der Waals surface area contributed by atoms with Gasteiger partial charge >= 0.3 is 0 Å². The summed E-state index contributed by atoms with van der Waals surface area (Å²) in [6.07, 6.45) is 1.05. The molecule has 1 atom stereocenters. The standard InChI is InChI=1S/C37H41BrO8/c1-7-37(46-34(23-38)43-8-2,28-19-30(39-3)35(31(20-28)40-4)44-24-26-15-11-9-12-16-26)29-21-32(41-5)36(33(22-29)42-6)45-25-27-17-13-10-14-18-27/h7,9-22,34H,1,8,23-25H2,2-6H3. The van der Waals surface area contributed by atoms with E-state index < -0.39 is 11.9 Å². The van der Waals surface area contributed by atoms with Gasteiger partial charge in [0.05, 0.1) is 33.8 Å². The Kier molecular flexibility index (Phi) is 12.8. The number of benzene rings is 4. The van der Waals surface area contributed by atoms with Crippen LogP contribution in [-0.2, 0) is 28.3 Å². The van der Waals surface area contributed by atoms with Gasteiger partial charge in [-0.2, -0.15) is 0 Å². The highest BCUT2D eigenvalue weighted by Crippen LogP contribution is 2.49. The van der Waals surface area contributed by atoms with E-state index >= 15 is 0 Å². The van der Waals surface area contributed by atoms with Crippen molar-refractivity contribution >= 4 is 15.9 Å². The first-order valence-corrected chi connectivity index (χ1v) is 15.9. The molecule has 4 aromatic rings. The average molecular weight is 694 g/mol. The first-order chi connectivity index (χ1) is 22.5. The number of alkyl halides is 1. The number of methoxy groups -OCH3 is 4. The Morgan fingerprint density at radius 3 is 1.37 bits per heavy atom. The summed E-state index contributed by atoms with van der Waals surface area (Å²) in [4.78, 5) is 0. The molecule has 0 bridgehead atoms. The lowest BCUT2D eigenvalue weighted by atomic mass is 9.85. The molecular formula is C37H41BrO8. The van der Waals surface area contributed by atoms with E-state index in [-0.39, 0.29) is 0 Å². The maximum atomic E-state index is 6.79. The summed E-state index contributed by atoms with van der Waals surface area (Å²) in [6, 6.07) is 27.1. The van der Waals surface area contributed by atoms with Gasteiger partial charge in [0.2, 0.25) is 11.5 Å². The molecule has 9 heteroatoms. The molecule has 0 fully saturated rings. The molecule has 0 aliphatic rings. The third-order valence-electron chi connectivity index (χ3n) is 7.31. The minimum atomic E-state index is -1.30. The number of hydrogen-bond donors (Lipinski definition) is 0. The SMILES string of the molecule is C=CC(OC(CBr)OCC)(c1cc(OC)c(OCc2ccccc2)c(OC)c1)c1cc(OC)c(OCc2ccccc2)c(OC)c1. The van der Waals surface area contributed by atoms with E-state index in [1.54, 1.807) is 34.5 Å². The largest absolute Gasteiger partial charge is 0.493 e. The van der Waals surface area contributed by atoms with Crippen LogP contribution in [0.5, 0.6) is 34.5 Å². The van der Waals surface area contributed by atoms with Gasteiger partial charge in [-0.25, -0.2) is 0 Å². The Morgan fingerprint density at radius 1 is 0.674 bits per heavy atom. The molecule has 0 radical (unpaired) electrons. The van der Waals surface area contributed by atoms with Crippen molar-refractivity contribution in [2.45, 2.75) is 32.0 Å². The van der Waals surface area contributed by atoms with Crippen LogP contribution in [0.1, 0.15) is 29.2 Å². The van der Waals surface area contributed by atoms with Crippen LogP contribution in [-0.4, -0.2) is 46.7 Å². The second kappa shape index (κ2) is 16.9. The van der Waals surface area contributed by atoms with Crippen molar-refractivity contribution in [2.75, 3.05) is 40.4 Å². The zero-order chi connectivity index (χ0) is 32.9. The second-order valence-electron chi connectivity index (χ2n) is 10.1. The van der Waals surface area contributed by atoms with Crippen molar-refractivity contribution in [3.63, 3.8) is 0 Å². The van der Waals surface area contributed by atoms with Gasteiger partial charge in [0, 0.05) is 6.61 Å². The molecule has 0 spiro atoms. The lowest BCUT2D eigenvalue weighted by molar-refractivity contribution is -0.171. The van der Waals surface area contributed by atoms with E-state index in [9.17, 15) is 0 Å². The van der Waals surface area contributed by atoms with Gasteiger partial charge in [-0.1, -0.05) is 89.2 Å². The lowest BCUT2D eigenvalue weighted by Gasteiger charge is -2.36. The molecule has 1 unspecified atom stereocenters. The third kappa shape index (κ3) is 7.96. The Balaban J connectivity index is 1.86. The number of ether oxygens (including phenoxy) is 8. The van der Waals surface area contributed by atoms with Crippen LogP contribution in [0.15, 0.2) is 97.6 Å². The normalized spacial score (nSPS) is 11.8. The molecule has 4 aromatic carbocycles. The van der Waals surface area contributed by atoms with Gasteiger partial charge in [0.1, 0.15) is 18.8 Å². The van der Waals surface area contributed by atoms with Crippen LogP contribution in [0.2, 0.25) is 0 Å². The summed E-state index contributed by atoms with van der Waals surface area (Å²) >= 11 is 3.54. The molecule has 46 heavy (non-hydrogen) atoms. The highest BCUT2D eigenvalue weighted by atomic mass is 79.9. The Labute approximate surface area is 279 Å². The number of rotatable bonds is 18. The molecule has 0 amide bonds. The predicted octanol–water partition coefficient (Wildman–Crippen LogP) is 8.08. The monoisotopic (exact) mass is 692 g/mol. The average Bonchev–Trinajstić information content (AvgIpc) is 3.11. The minimum absolute atomic E-state index is 0.324. The van der Waals surface area contributed by atoms with Crippen LogP contribution in [0.4, 0.5) is 0 Å². The summed E-state index contributed by atoms with van der Waals surface area (Å²) in [5.41, 5.74) is 2.01. The topological polar surface area (TPSA) is 73.8 Å². The Morgan fingerprint density at radius 2 is 1.07 bits per heavy atom. The molecule has 0 aliphatic carbocycles. The summed E-state index contributed by atoms with van der Waals surface area (Å²) in [5, 5.41) is 0.398. The van der Waals surface area contributed by atoms with Crippen LogP contribution >= 0.6 is 15.9 Å². The van der Waals surface area contributed by atoms with E-state index in [1.165, 1.54) is 0 Å². The van der Waals surface area contributed by atoms with Crippen molar-refractivity contribution in [1.82, 2.24) is 0 Å². The fraction of sp³-hybridized carbons (Fsp3) is 0.297. The number of halogens is 1. The molecular weight excluding hydrogens is 652 g/mol. The van der Waals surface area contributed by atoms with E-state index in [0.717, 1.165) is 11.1 Å². The molecule has 8 nitrogen and oxygen atoms in total. The summed E-state index contributed by atoms with van der Waals surface area (Å²) in [7, 11) is 6.32. The van der Waals surface area contributed by atoms with E-state index in [4.69, 9.17) is 37.9 Å². The minimum Gasteiger partial charge on any atom is -0.493 e. The molecule has 0 saturated carbocycles. The molecule has 0 aliphatic heterocycles. The van der Waals surface area contributed by atoms with Gasteiger partial charge in [-0.05, 0) is 53.4 Å². The van der Waals surface area contributed by atoms with Gasteiger partial charge in [0.25, 0.3) is 0 Å². The Bertz CT molecular complexity index is 1390. The Hall–Kier alpha value is -4.18. The highest BCUT2D eigenvalue weighted by molar-refractivity contribution is 9.09. The maximum absolute atomic E-state index is 6.79. The van der Waals surface area contributed by atoms with Crippen molar-refractivity contribution in [3.8, 4) is 34.5 Å². The zero-order valence-electron chi connectivity index (χ0n) is 26.9. The highest BCUT2D eigenvalue weighted by Gasteiger charge is 2.39. The molecule has 0 saturated heterocycles. The van der Waals surface area contributed by atoms with E-state index in [1.807, 2.05) is 91.9 Å². The quantitative estimate of drug-likeness (QED) is 0.0589. The van der Waals surface area contributed by atoms with E-state index in [0.29, 0.717) is 70.8 Å². The molecule has 0 aromatic heterocycles. The molecule has 0 N–H and O–H groups in total. The van der Waals surface area contributed by atoms with Crippen molar-refractivity contribution < 1.29 is 37.9 Å². The fourth-order valence-corrected chi connectivity index (χ4v) is 5.34. The molecule has 244 valence electrons. The van der Waals surface area contributed by atoms with Crippen molar-refractivity contribution in [3.05, 3.63) is 120 Å². The third-order valence-corrected chi connectivity index (χ3v) is 7.84. The van der Waals surface area contributed by atoms with Gasteiger partial charge in [-0.15, -0.1) is 0 Å². The van der Waals surface area contributed by atoms with Gasteiger partial charge in [-0.3, -0.25) is 0 Å². The summed E-state index contributed by atoms with van der Waals surface area (Å²) < 4.78 is 48.6. The van der Waals surface area contributed by atoms with Crippen LogP contribution in [0, 0.1) is 0 Å². The van der Waals surface area contributed by atoms with Gasteiger partial charge in [0.15, 0.2) is 29.3 Å². The first-order valence-electron chi connectivity index (χ1n) is 14.8. The van der Waals surface area contributed by atoms with Crippen LogP contribution in [0.25, 0.3) is 0 Å². The maximum Gasteiger partial charge on any atom is 0.203 e.